The smallest absolute Gasteiger partial charge is 0.0277 e. The molecule has 0 spiro atoms. The van der Waals surface area contributed by atoms with Crippen molar-refractivity contribution in [1.82, 2.24) is 0 Å². The summed E-state index contributed by atoms with van der Waals surface area (Å²) in [6.45, 7) is 11.5. The first-order chi connectivity index (χ1) is 5.83. The summed E-state index contributed by atoms with van der Waals surface area (Å²) in [6, 6.07) is 0. The van der Waals surface area contributed by atoms with Crippen molar-refractivity contribution in [2.24, 2.45) is 10.8 Å². The molecular weight excluding hydrogens is 180 g/mol. The molecule has 0 aromatic carbocycles. The van der Waals surface area contributed by atoms with Crippen LogP contribution in [-0.4, -0.2) is 5.88 Å². The molecule has 1 heteroatoms. The summed E-state index contributed by atoms with van der Waals surface area (Å²) in [4.78, 5) is 0. The highest BCUT2D eigenvalue weighted by Gasteiger charge is 2.24. The van der Waals surface area contributed by atoms with Gasteiger partial charge in [0.15, 0.2) is 0 Å². The van der Waals surface area contributed by atoms with Gasteiger partial charge in [-0.25, -0.2) is 0 Å². The number of hydrogen-bond acceptors (Lipinski definition) is 0. The SMILES string of the molecule is CCCC(C)(CCl)CCC(C)(C)C. The second kappa shape index (κ2) is 5.24. The van der Waals surface area contributed by atoms with E-state index in [0.717, 1.165) is 5.88 Å². The van der Waals surface area contributed by atoms with E-state index in [2.05, 4.69) is 34.6 Å². The van der Waals surface area contributed by atoms with Crippen molar-refractivity contribution >= 4 is 11.6 Å². The topological polar surface area (TPSA) is 0 Å². The zero-order chi connectivity index (χ0) is 10.5. The second-order valence-electron chi connectivity index (χ2n) is 5.75. The van der Waals surface area contributed by atoms with Gasteiger partial charge in [-0.05, 0) is 30.1 Å². The molecule has 1 atom stereocenters. The lowest BCUT2D eigenvalue weighted by molar-refractivity contribution is 0.243. The third kappa shape index (κ3) is 6.37. The van der Waals surface area contributed by atoms with Crippen LogP contribution in [0.3, 0.4) is 0 Å². The van der Waals surface area contributed by atoms with Crippen LogP contribution >= 0.6 is 11.6 Å². The van der Waals surface area contributed by atoms with E-state index in [1.807, 2.05) is 0 Å². The lowest BCUT2D eigenvalue weighted by atomic mass is 9.77. The van der Waals surface area contributed by atoms with Gasteiger partial charge in [-0.15, -0.1) is 11.6 Å². The molecule has 1 unspecified atom stereocenters. The van der Waals surface area contributed by atoms with Gasteiger partial charge in [0, 0.05) is 5.88 Å². The largest absolute Gasteiger partial charge is 0.126 e. The van der Waals surface area contributed by atoms with Crippen LogP contribution in [0.15, 0.2) is 0 Å². The molecule has 0 saturated heterocycles. The molecule has 13 heavy (non-hydrogen) atoms. The van der Waals surface area contributed by atoms with Gasteiger partial charge in [0.25, 0.3) is 0 Å². The minimum absolute atomic E-state index is 0.365. The Hall–Kier alpha value is 0.290. The van der Waals surface area contributed by atoms with Crippen LogP contribution in [0, 0.1) is 10.8 Å². The molecule has 0 aliphatic rings. The fourth-order valence-electron chi connectivity index (χ4n) is 1.54. The fourth-order valence-corrected chi connectivity index (χ4v) is 1.81. The van der Waals surface area contributed by atoms with Gasteiger partial charge in [0.2, 0.25) is 0 Å². The molecule has 80 valence electrons. The normalized spacial score (nSPS) is 17.1. The zero-order valence-corrected chi connectivity index (χ0v) is 10.7. The molecule has 0 aliphatic heterocycles. The predicted octanol–water partition coefficient (Wildman–Crippen LogP) is 4.86. The van der Waals surface area contributed by atoms with Crippen LogP contribution in [-0.2, 0) is 0 Å². The monoisotopic (exact) mass is 204 g/mol. The van der Waals surface area contributed by atoms with E-state index in [4.69, 9.17) is 11.6 Å². The first-order valence-electron chi connectivity index (χ1n) is 5.39. The van der Waals surface area contributed by atoms with Crippen molar-refractivity contribution in [3.63, 3.8) is 0 Å². The predicted molar refractivity (Wildman–Crippen MR) is 62.4 cm³/mol. The van der Waals surface area contributed by atoms with E-state index in [-0.39, 0.29) is 0 Å². The van der Waals surface area contributed by atoms with E-state index >= 15 is 0 Å². The first kappa shape index (κ1) is 13.3. The number of alkyl halides is 1. The Kier molecular flexibility index (Phi) is 5.36. The highest BCUT2D eigenvalue weighted by atomic mass is 35.5. The molecular formula is C12H25Cl. The molecule has 0 N–H and O–H groups in total. The Morgan fingerprint density at radius 3 is 1.77 bits per heavy atom. The Morgan fingerprint density at radius 1 is 0.923 bits per heavy atom. The van der Waals surface area contributed by atoms with Gasteiger partial charge >= 0.3 is 0 Å². The van der Waals surface area contributed by atoms with E-state index in [1.54, 1.807) is 0 Å². The van der Waals surface area contributed by atoms with Crippen molar-refractivity contribution in [2.75, 3.05) is 5.88 Å². The van der Waals surface area contributed by atoms with Crippen molar-refractivity contribution in [1.29, 1.82) is 0 Å². The summed E-state index contributed by atoms with van der Waals surface area (Å²) in [5.74, 6) is 0.803. The van der Waals surface area contributed by atoms with E-state index < -0.39 is 0 Å². The van der Waals surface area contributed by atoms with Gasteiger partial charge < -0.3 is 0 Å². The van der Waals surface area contributed by atoms with E-state index in [9.17, 15) is 0 Å². The van der Waals surface area contributed by atoms with Gasteiger partial charge in [0.05, 0.1) is 0 Å². The molecule has 0 aromatic rings. The molecule has 0 bridgehead atoms. The fraction of sp³-hybridized carbons (Fsp3) is 1.00. The number of rotatable bonds is 5. The maximum Gasteiger partial charge on any atom is 0.0277 e. The molecule has 0 rings (SSSR count). The van der Waals surface area contributed by atoms with Crippen molar-refractivity contribution in [3.8, 4) is 0 Å². The van der Waals surface area contributed by atoms with Crippen LogP contribution in [0.2, 0.25) is 0 Å². The third-order valence-electron chi connectivity index (χ3n) is 2.65. The molecule has 0 radical (unpaired) electrons. The van der Waals surface area contributed by atoms with E-state index in [1.165, 1.54) is 25.7 Å². The molecule has 0 amide bonds. The Bertz CT molecular complexity index is 135. The Balaban J connectivity index is 3.97. The summed E-state index contributed by atoms with van der Waals surface area (Å²) in [6.07, 6.45) is 5.03. The van der Waals surface area contributed by atoms with Crippen LogP contribution < -0.4 is 0 Å². The standard InChI is InChI=1S/C12H25Cl/c1-6-7-12(5,10-13)9-8-11(2,3)4/h6-10H2,1-5H3. The van der Waals surface area contributed by atoms with Crippen LogP contribution in [0.1, 0.15) is 60.3 Å². The Labute approximate surface area is 89.1 Å². The maximum atomic E-state index is 6.02. The summed E-state index contributed by atoms with van der Waals surface area (Å²) < 4.78 is 0. The van der Waals surface area contributed by atoms with Crippen molar-refractivity contribution in [2.45, 2.75) is 60.3 Å². The van der Waals surface area contributed by atoms with Gasteiger partial charge in [-0.2, -0.15) is 0 Å². The summed E-state index contributed by atoms with van der Waals surface area (Å²) >= 11 is 6.02. The average molecular weight is 205 g/mol. The lowest BCUT2D eigenvalue weighted by Gasteiger charge is -2.30. The van der Waals surface area contributed by atoms with Crippen LogP contribution in [0.25, 0.3) is 0 Å². The quantitative estimate of drug-likeness (QED) is 0.562. The summed E-state index contributed by atoms with van der Waals surface area (Å²) in [5.41, 5.74) is 0.810. The zero-order valence-electron chi connectivity index (χ0n) is 9.91. The van der Waals surface area contributed by atoms with Crippen LogP contribution in [0.4, 0.5) is 0 Å². The van der Waals surface area contributed by atoms with Gasteiger partial charge in [-0.1, -0.05) is 41.0 Å². The molecule has 0 aromatic heterocycles. The van der Waals surface area contributed by atoms with Crippen LogP contribution in [0.5, 0.6) is 0 Å². The molecule has 0 fully saturated rings. The van der Waals surface area contributed by atoms with Gasteiger partial charge in [0.1, 0.15) is 0 Å². The summed E-state index contributed by atoms with van der Waals surface area (Å²) in [7, 11) is 0. The minimum atomic E-state index is 0.365. The maximum absolute atomic E-state index is 6.02. The summed E-state index contributed by atoms with van der Waals surface area (Å²) in [5, 5.41) is 0. The molecule has 0 heterocycles. The third-order valence-corrected chi connectivity index (χ3v) is 3.30. The number of halogens is 1. The van der Waals surface area contributed by atoms with Crippen molar-refractivity contribution < 1.29 is 0 Å². The molecule has 0 nitrogen and oxygen atoms in total. The average Bonchev–Trinajstić information content (AvgIpc) is 2.01. The molecule has 0 saturated carbocycles. The minimum Gasteiger partial charge on any atom is -0.126 e. The Morgan fingerprint density at radius 2 is 1.46 bits per heavy atom. The highest BCUT2D eigenvalue weighted by Crippen LogP contribution is 2.35. The first-order valence-corrected chi connectivity index (χ1v) is 5.92. The number of hydrogen-bond donors (Lipinski definition) is 0. The second-order valence-corrected chi connectivity index (χ2v) is 6.02. The molecule has 0 aliphatic carbocycles. The lowest BCUT2D eigenvalue weighted by Crippen LogP contribution is -2.21. The van der Waals surface area contributed by atoms with Crippen molar-refractivity contribution in [3.05, 3.63) is 0 Å². The van der Waals surface area contributed by atoms with Gasteiger partial charge in [-0.3, -0.25) is 0 Å². The van der Waals surface area contributed by atoms with E-state index in [0.29, 0.717) is 10.8 Å². The highest BCUT2D eigenvalue weighted by molar-refractivity contribution is 6.18.